The van der Waals surface area contributed by atoms with Gasteiger partial charge in [-0.15, -0.1) is 24.0 Å². The van der Waals surface area contributed by atoms with Gasteiger partial charge >= 0.3 is 0 Å². The number of aliphatic imine (C=N–C) groups is 1. The van der Waals surface area contributed by atoms with Crippen LogP contribution in [0, 0.1) is 5.41 Å². The van der Waals surface area contributed by atoms with Crippen molar-refractivity contribution in [2.45, 2.75) is 32.1 Å². The van der Waals surface area contributed by atoms with Gasteiger partial charge in [-0.25, -0.2) is 0 Å². The second-order valence-corrected chi connectivity index (χ2v) is 7.22. The summed E-state index contributed by atoms with van der Waals surface area (Å²) in [6.07, 6.45) is 6.59. The Morgan fingerprint density at radius 1 is 0.917 bits per heavy atom. The molecular formula is C17H33IN4O2. The van der Waals surface area contributed by atoms with Crippen LogP contribution in [-0.4, -0.2) is 81.5 Å². The van der Waals surface area contributed by atoms with Crippen LogP contribution in [0.4, 0.5) is 0 Å². The Balaban J connectivity index is 0.00000208. The average Bonchev–Trinajstić information content (AvgIpc) is 2.62. The van der Waals surface area contributed by atoms with Gasteiger partial charge in [-0.2, -0.15) is 0 Å². The molecule has 2 aliphatic heterocycles. The van der Waals surface area contributed by atoms with Crippen LogP contribution in [0.1, 0.15) is 32.1 Å². The summed E-state index contributed by atoms with van der Waals surface area (Å²) in [5.41, 5.74) is 6.56. The molecule has 0 spiro atoms. The molecule has 0 bridgehead atoms. The maximum Gasteiger partial charge on any atom is 0.191 e. The van der Waals surface area contributed by atoms with Crippen molar-refractivity contribution in [2.24, 2.45) is 16.1 Å². The molecule has 3 fully saturated rings. The van der Waals surface area contributed by atoms with Crippen molar-refractivity contribution in [1.82, 2.24) is 9.80 Å². The van der Waals surface area contributed by atoms with Crippen molar-refractivity contribution >= 4 is 29.9 Å². The fourth-order valence-electron chi connectivity index (χ4n) is 4.04. The lowest BCUT2D eigenvalue weighted by Crippen LogP contribution is -2.47. The van der Waals surface area contributed by atoms with E-state index < -0.39 is 0 Å². The van der Waals surface area contributed by atoms with E-state index in [0.29, 0.717) is 11.4 Å². The molecule has 0 aromatic rings. The molecule has 3 rings (SSSR count). The third kappa shape index (κ3) is 5.71. The fraction of sp³-hybridized carbons (Fsp3) is 0.941. The minimum absolute atomic E-state index is 0. The van der Waals surface area contributed by atoms with Crippen LogP contribution in [0.5, 0.6) is 0 Å². The minimum Gasteiger partial charge on any atom is -0.379 e. The Labute approximate surface area is 163 Å². The Bertz CT molecular complexity index is 390. The summed E-state index contributed by atoms with van der Waals surface area (Å²) in [7, 11) is 0. The van der Waals surface area contributed by atoms with Gasteiger partial charge < -0.3 is 20.1 Å². The third-order valence-corrected chi connectivity index (χ3v) is 5.49. The molecule has 2 saturated heterocycles. The fourth-order valence-corrected chi connectivity index (χ4v) is 4.04. The number of hydrogen-bond donors (Lipinski definition) is 1. The highest BCUT2D eigenvalue weighted by atomic mass is 127. The molecule has 140 valence electrons. The van der Waals surface area contributed by atoms with Crippen molar-refractivity contribution in [2.75, 3.05) is 65.7 Å². The van der Waals surface area contributed by atoms with Gasteiger partial charge in [0.25, 0.3) is 0 Å². The summed E-state index contributed by atoms with van der Waals surface area (Å²) in [6.45, 7) is 9.13. The predicted molar refractivity (Wildman–Crippen MR) is 107 cm³/mol. The van der Waals surface area contributed by atoms with Crippen LogP contribution in [0.15, 0.2) is 4.99 Å². The smallest absolute Gasteiger partial charge is 0.191 e. The lowest BCUT2D eigenvalue weighted by Gasteiger charge is -2.41. The molecule has 0 atom stereocenters. The molecule has 3 aliphatic rings. The summed E-state index contributed by atoms with van der Waals surface area (Å²) in [4.78, 5) is 9.54. The lowest BCUT2D eigenvalue weighted by atomic mass is 9.73. The van der Waals surface area contributed by atoms with E-state index in [1.807, 2.05) is 0 Å². The second kappa shape index (κ2) is 10.1. The van der Waals surface area contributed by atoms with E-state index in [1.54, 1.807) is 0 Å². The topological polar surface area (TPSA) is 63.3 Å². The van der Waals surface area contributed by atoms with E-state index in [-0.39, 0.29) is 24.0 Å². The van der Waals surface area contributed by atoms with Gasteiger partial charge in [-0.05, 0) is 12.8 Å². The van der Waals surface area contributed by atoms with E-state index in [2.05, 4.69) is 9.80 Å². The normalized spacial score (nSPS) is 26.0. The largest absolute Gasteiger partial charge is 0.379 e. The standard InChI is InChI=1S/C17H32N4O2.HI/c18-16(21-8-12-23-13-9-21)19-14-17(4-2-1-3-5-17)15-20-6-10-22-11-7-20;/h1-15H2,(H2,18,19);1H. The average molecular weight is 452 g/mol. The van der Waals surface area contributed by atoms with Crippen molar-refractivity contribution < 1.29 is 9.47 Å². The monoisotopic (exact) mass is 452 g/mol. The molecular weight excluding hydrogens is 419 g/mol. The first kappa shape index (κ1) is 20.2. The van der Waals surface area contributed by atoms with Crippen LogP contribution in [0.2, 0.25) is 0 Å². The zero-order chi connectivity index (χ0) is 16.0. The number of morpholine rings is 2. The zero-order valence-electron chi connectivity index (χ0n) is 14.8. The number of nitrogens with zero attached hydrogens (tertiary/aromatic N) is 3. The van der Waals surface area contributed by atoms with Crippen molar-refractivity contribution in [3.05, 3.63) is 0 Å². The van der Waals surface area contributed by atoms with Crippen molar-refractivity contribution in [1.29, 1.82) is 0 Å². The van der Waals surface area contributed by atoms with Gasteiger partial charge in [-0.3, -0.25) is 9.89 Å². The van der Waals surface area contributed by atoms with Crippen LogP contribution in [0.25, 0.3) is 0 Å². The first-order valence-electron chi connectivity index (χ1n) is 9.20. The maximum atomic E-state index is 6.24. The summed E-state index contributed by atoms with van der Waals surface area (Å²) in [5.74, 6) is 0.709. The van der Waals surface area contributed by atoms with Gasteiger partial charge in [0.05, 0.1) is 26.4 Å². The molecule has 2 N–H and O–H groups in total. The molecule has 0 aromatic heterocycles. The van der Waals surface area contributed by atoms with E-state index in [1.165, 1.54) is 32.1 Å². The molecule has 0 unspecified atom stereocenters. The quantitative estimate of drug-likeness (QED) is 0.398. The Morgan fingerprint density at radius 2 is 1.50 bits per heavy atom. The number of guanidine groups is 1. The third-order valence-electron chi connectivity index (χ3n) is 5.49. The second-order valence-electron chi connectivity index (χ2n) is 7.22. The van der Waals surface area contributed by atoms with E-state index >= 15 is 0 Å². The van der Waals surface area contributed by atoms with Crippen molar-refractivity contribution in [3.8, 4) is 0 Å². The number of rotatable bonds is 4. The van der Waals surface area contributed by atoms with Gasteiger partial charge in [0.15, 0.2) is 5.96 Å². The Morgan fingerprint density at radius 3 is 2.12 bits per heavy atom. The SMILES string of the molecule is I.NC(=NCC1(CN2CCOCC2)CCCCC1)N1CCOCC1. The number of hydrogen-bond acceptors (Lipinski definition) is 4. The first-order valence-corrected chi connectivity index (χ1v) is 9.20. The Kier molecular flexibility index (Phi) is 8.53. The van der Waals surface area contributed by atoms with Gasteiger partial charge in [0.1, 0.15) is 0 Å². The molecule has 0 aromatic carbocycles. The van der Waals surface area contributed by atoms with Crippen LogP contribution < -0.4 is 5.73 Å². The highest BCUT2D eigenvalue weighted by Gasteiger charge is 2.34. The number of ether oxygens (including phenoxy) is 2. The molecule has 1 aliphatic carbocycles. The number of nitrogens with two attached hydrogens (primary N) is 1. The molecule has 0 radical (unpaired) electrons. The molecule has 24 heavy (non-hydrogen) atoms. The lowest BCUT2D eigenvalue weighted by molar-refractivity contribution is 0.00926. The van der Waals surface area contributed by atoms with Crippen LogP contribution >= 0.6 is 24.0 Å². The summed E-state index contributed by atoms with van der Waals surface area (Å²) < 4.78 is 10.9. The Hall–Kier alpha value is -0.120. The predicted octanol–water partition coefficient (Wildman–Crippen LogP) is 1.53. The van der Waals surface area contributed by atoms with Gasteiger partial charge in [0, 0.05) is 44.7 Å². The summed E-state index contributed by atoms with van der Waals surface area (Å²) >= 11 is 0. The zero-order valence-corrected chi connectivity index (χ0v) is 17.1. The highest BCUT2D eigenvalue weighted by molar-refractivity contribution is 14.0. The van der Waals surface area contributed by atoms with Crippen LogP contribution in [-0.2, 0) is 9.47 Å². The van der Waals surface area contributed by atoms with Crippen molar-refractivity contribution in [3.63, 3.8) is 0 Å². The summed E-state index contributed by atoms with van der Waals surface area (Å²) in [6, 6.07) is 0. The maximum absolute atomic E-state index is 6.24. The molecule has 6 nitrogen and oxygen atoms in total. The minimum atomic E-state index is 0. The molecule has 2 heterocycles. The number of halogens is 1. The molecule has 1 saturated carbocycles. The first-order chi connectivity index (χ1) is 11.3. The summed E-state index contributed by atoms with van der Waals surface area (Å²) in [5, 5.41) is 0. The van der Waals surface area contributed by atoms with E-state index in [9.17, 15) is 0 Å². The highest BCUT2D eigenvalue weighted by Crippen LogP contribution is 2.37. The van der Waals surface area contributed by atoms with Gasteiger partial charge in [0.2, 0.25) is 0 Å². The van der Waals surface area contributed by atoms with Crippen LogP contribution in [0.3, 0.4) is 0 Å². The van der Waals surface area contributed by atoms with E-state index in [4.69, 9.17) is 20.2 Å². The van der Waals surface area contributed by atoms with Gasteiger partial charge in [-0.1, -0.05) is 19.3 Å². The molecule has 0 amide bonds. The van der Waals surface area contributed by atoms with E-state index in [0.717, 1.165) is 65.7 Å². The molecule has 7 heteroatoms.